The summed E-state index contributed by atoms with van der Waals surface area (Å²) in [5.41, 5.74) is 0.400. The molecule has 1 aromatic rings. The van der Waals surface area contributed by atoms with Crippen LogP contribution in [0.1, 0.15) is 10.4 Å². The quantitative estimate of drug-likeness (QED) is 0.558. The summed E-state index contributed by atoms with van der Waals surface area (Å²) >= 11 is 6.24. The van der Waals surface area contributed by atoms with Gasteiger partial charge in [0.05, 0.1) is 5.56 Å². The predicted octanol–water partition coefficient (Wildman–Crippen LogP) is 3.62. The molecule has 0 spiro atoms. The Morgan fingerprint density at radius 2 is 1.54 bits per heavy atom. The molecule has 6 heteroatoms. The fourth-order valence-electron chi connectivity index (χ4n) is 0.747. The van der Waals surface area contributed by atoms with Gasteiger partial charge in [0, 0.05) is 10.7 Å². The van der Waals surface area contributed by atoms with Crippen LogP contribution >= 0.6 is 80.2 Å². The second-order valence-corrected chi connectivity index (χ2v) is 5.62. The maximum Gasteiger partial charge on any atom is 0.337 e. The lowest BCUT2D eigenvalue weighted by molar-refractivity contribution is 0.0694. The molecule has 0 radical (unpaired) electrons. The Balaban J connectivity index is 0.00000144. The summed E-state index contributed by atoms with van der Waals surface area (Å²) in [6.45, 7) is 0. The average molecular weight is 536 g/mol. The first kappa shape index (κ1) is 14.2. The number of carbonyl (C=O) groups is 1. The highest BCUT2D eigenvalue weighted by molar-refractivity contribution is 14.1. The number of hydrogen-bond acceptors (Lipinski definition) is 1. The number of carboxylic acid groups (broad SMARTS) is 1. The minimum absolute atomic E-state index is 0. The number of halogens is 4. The molecule has 1 rings (SSSR count). The van der Waals surface area contributed by atoms with Gasteiger partial charge in [0.25, 0.3) is 0 Å². The number of hydrogen-bond donors (Lipinski definition) is 1. The SMILES string of the molecule is Cl.O=C(O)c1c(I)cc(I)cc1I. The van der Waals surface area contributed by atoms with E-state index in [0.29, 0.717) is 5.56 Å². The van der Waals surface area contributed by atoms with Crippen LogP contribution in [0.4, 0.5) is 0 Å². The van der Waals surface area contributed by atoms with Crippen LogP contribution in [0.5, 0.6) is 0 Å². The van der Waals surface area contributed by atoms with E-state index in [1.165, 1.54) is 0 Å². The van der Waals surface area contributed by atoms with Crippen molar-refractivity contribution >= 4 is 86.1 Å². The second-order valence-electron chi connectivity index (χ2n) is 2.05. The van der Waals surface area contributed by atoms with Crippen molar-refractivity contribution in [1.29, 1.82) is 0 Å². The van der Waals surface area contributed by atoms with E-state index in [1.807, 2.05) is 57.3 Å². The van der Waals surface area contributed by atoms with Crippen LogP contribution in [0.15, 0.2) is 12.1 Å². The third-order valence-corrected chi connectivity index (χ3v) is 3.55. The van der Waals surface area contributed by atoms with Crippen LogP contribution in [0, 0.1) is 10.7 Å². The molecule has 0 saturated heterocycles. The summed E-state index contributed by atoms with van der Waals surface area (Å²) < 4.78 is 2.64. The zero-order chi connectivity index (χ0) is 9.30. The molecule has 0 aliphatic carbocycles. The molecule has 1 aromatic carbocycles. The van der Waals surface area contributed by atoms with Crippen molar-refractivity contribution in [2.75, 3.05) is 0 Å². The largest absolute Gasteiger partial charge is 0.478 e. The average Bonchev–Trinajstić information content (AvgIpc) is 1.82. The molecule has 0 heterocycles. The van der Waals surface area contributed by atoms with Crippen LogP contribution < -0.4 is 0 Å². The number of rotatable bonds is 1. The lowest BCUT2D eigenvalue weighted by Gasteiger charge is -2.02. The van der Waals surface area contributed by atoms with Gasteiger partial charge in [-0.1, -0.05) is 0 Å². The number of carboxylic acids is 1. The lowest BCUT2D eigenvalue weighted by atomic mass is 10.2. The van der Waals surface area contributed by atoms with E-state index in [0.717, 1.165) is 10.7 Å². The van der Waals surface area contributed by atoms with Gasteiger partial charge in [0.2, 0.25) is 0 Å². The molecular weight excluding hydrogens is 532 g/mol. The molecule has 0 fully saturated rings. The molecule has 0 aliphatic heterocycles. The topological polar surface area (TPSA) is 37.3 Å². The van der Waals surface area contributed by atoms with Gasteiger partial charge in [-0.2, -0.15) is 0 Å². The molecular formula is C7H4ClI3O2. The summed E-state index contributed by atoms with van der Waals surface area (Å²) in [5, 5.41) is 8.83. The lowest BCUT2D eigenvalue weighted by Crippen LogP contribution is -2.03. The third-order valence-electron chi connectivity index (χ3n) is 1.22. The van der Waals surface area contributed by atoms with Crippen molar-refractivity contribution in [3.05, 3.63) is 28.4 Å². The van der Waals surface area contributed by atoms with Gasteiger partial charge in [0.1, 0.15) is 0 Å². The number of benzene rings is 1. The van der Waals surface area contributed by atoms with Gasteiger partial charge >= 0.3 is 5.97 Å². The molecule has 0 aliphatic rings. The van der Waals surface area contributed by atoms with Crippen molar-refractivity contribution in [2.45, 2.75) is 0 Å². The van der Waals surface area contributed by atoms with Crippen molar-refractivity contribution in [2.24, 2.45) is 0 Å². The van der Waals surface area contributed by atoms with E-state index in [9.17, 15) is 4.79 Å². The maximum atomic E-state index is 10.7. The minimum atomic E-state index is -0.861. The molecule has 0 unspecified atom stereocenters. The fraction of sp³-hybridized carbons (Fsp3) is 0. The Morgan fingerprint density at radius 1 is 1.15 bits per heavy atom. The number of aromatic carboxylic acids is 1. The van der Waals surface area contributed by atoms with Crippen LogP contribution in [0.25, 0.3) is 0 Å². The smallest absolute Gasteiger partial charge is 0.337 e. The van der Waals surface area contributed by atoms with Gasteiger partial charge in [-0.05, 0) is 79.9 Å². The molecule has 2 nitrogen and oxygen atoms in total. The molecule has 13 heavy (non-hydrogen) atoms. The Labute approximate surface area is 123 Å². The van der Waals surface area contributed by atoms with Gasteiger partial charge in [0.15, 0.2) is 0 Å². The van der Waals surface area contributed by atoms with E-state index in [4.69, 9.17) is 5.11 Å². The highest BCUT2D eigenvalue weighted by Crippen LogP contribution is 2.22. The molecule has 0 amide bonds. The normalized spacial score (nSPS) is 9.15. The van der Waals surface area contributed by atoms with Gasteiger partial charge in [-0.15, -0.1) is 12.4 Å². The highest BCUT2D eigenvalue weighted by Gasteiger charge is 2.12. The predicted molar refractivity (Wildman–Crippen MR) is 78.8 cm³/mol. The van der Waals surface area contributed by atoms with Gasteiger partial charge in [-0.25, -0.2) is 4.79 Å². The molecule has 0 saturated carbocycles. The van der Waals surface area contributed by atoms with E-state index < -0.39 is 5.97 Å². The molecule has 0 bridgehead atoms. The van der Waals surface area contributed by atoms with Crippen molar-refractivity contribution in [1.82, 2.24) is 0 Å². The Hall–Kier alpha value is 1.17. The van der Waals surface area contributed by atoms with E-state index in [-0.39, 0.29) is 12.4 Å². The standard InChI is InChI=1S/C7H3I3O2.ClH/c8-3-1-4(9)6(7(11)12)5(10)2-3;/h1-2H,(H,11,12);1H. The Kier molecular flexibility index (Phi) is 6.44. The molecule has 1 N–H and O–H groups in total. The van der Waals surface area contributed by atoms with Gasteiger partial charge in [-0.3, -0.25) is 0 Å². The first-order valence-corrected chi connectivity index (χ1v) is 6.14. The van der Waals surface area contributed by atoms with E-state index in [1.54, 1.807) is 0 Å². The van der Waals surface area contributed by atoms with Crippen molar-refractivity contribution in [3.63, 3.8) is 0 Å². The minimum Gasteiger partial charge on any atom is -0.478 e. The summed E-state index contributed by atoms with van der Waals surface area (Å²) in [7, 11) is 0. The van der Waals surface area contributed by atoms with Crippen LogP contribution in [-0.2, 0) is 0 Å². The summed E-state index contributed by atoms with van der Waals surface area (Å²) in [6, 6.07) is 3.71. The zero-order valence-corrected chi connectivity index (χ0v) is 13.3. The van der Waals surface area contributed by atoms with E-state index in [2.05, 4.69) is 22.6 Å². The fourth-order valence-corrected chi connectivity index (χ4v) is 4.79. The first-order chi connectivity index (χ1) is 5.52. The second kappa shape index (κ2) is 5.91. The van der Waals surface area contributed by atoms with Gasteiger partial charge < -0.3 is 5.11 Å². The van der Waals surface area contributed by atoms with Crippen LogP contribution in [-0.4, -0.2) is 11.1 Å². The zero-order valence-electron chi connectivity index (χ0n) is 6.05. The molecule has 0 atom stereocenters. The van der Waals surface area contributed by atoms with Crippen molar-refractivity contribution < 1.29 is 9.90 Å². The summed E-state index contributed by atoms with van der Waals surface area (Å²) in [5.74, 6) is -0.861. The molecule has 72 valence electrons. The first-order valence-electron chi connectivity index (χ1n) is 2.90. The van der Waals surface area contributed by atoms with Crippen molar-refractivity contribution in [3.8, 4) is 0 Å². The summed E-state index contributed by atoms with van der Waals surface area (Å²) in [4.78, 5) is 10.7. The highest BCUT2D eigenvalue weighted by atomic mass is 127. The third kappa shape index (κ3) is 3.67. The molecule has 0 aromatic heterocycles. The van der Waals surface area contributed by atoms with Crippen LogP contribution in [0.2, 0.25) is 0 Å². The van der Waals surface area contributed by atoms with E-state index >= 15 is 0 Å². The summed E-state index contributed by atoms with van der Waals surface area (Å²) in [6.07, 6.45) is 0. The maximum absolute atomic E-state index is 10.7. The monoisotopic (exact) mass is 536 g/mol. The Morgan fingerprint density at radius 3 is 1.85 bits per heavy atom. The van der Waals surface area contributed by atoms with Crippen LogP contribution in [0.3, 0.4) is 0 Å². The Bertz CT molecular complexity index is 318.